The van der Waals surface area contributed by atoms with Gasteiger partial charge in [-0.3, -0.25) is 9.59 Å². The minimum Gasteiger partial charge on any atom is -0.481 e. The molecule has 1 rings (SSSR count). The lowest BCUT2D eigenvalue weighted by Crippen LogP contribution is -1.93. The number of allylic oxidation sites excluding steroid dienone is 4. The Kier molecular flexibility index (Phi) is 39.9. The lowest BCUT2D eigenvalue weighted by Gasteiger charge is -1.99. The third-order valence-electron chi connectivity index (χ3n) is 7.80. The Morgan fingerprint density at radius 1 is 0.500 bits per heavy atom. The van der Waals surface area contributed by atoms with Gasteiger partial charge < -0.3 is 14.9 Å². The van der Waals surface area contributed by atoms with E-state index in [4.69, 9.17) is 14.9 Å². The van der Waals surface area contributed by atoms with E-state index in [2.05, 4.69) is 45.1 Å². The van der Waals surface area contributed by atoms with E-state index in [-0.39, 0.29) is 0 Å². The van der Waals surface area contributed by atoms with Gasteiger partial charge in [0.05, 0.1) is 12.7 Å². The maximum absolute atomic E-state index is 10.3. The standard InChI is InChI=1S/2C18H34O2.C3H6O/c2*1-2-3-4-5-6-7-8-9-10-11-12-13-14-15-16-17-18(19)20;1-3-2-4-3/h2*9-10H,2-8,11-17H2,1H3,(H,19,20);3H,2H2,1H3/b2*10-9-;. The lowest BCUT2D eigenvalue weighted by molar-refractivity contribution is -0.138. The summed E-state index contributed by atoms with van der Waals surface area (Å²) in [6.07, 6.45) is 43.1. The Bertz CT molecular complexity index is 588. The summed E-state index contributed by atoms with van der Waals surface area (Å²) in [7, 11) is 0. The molecule has 1 unspecified atom stereocenters. The van der Waals surface area contributed by atoms with Crippen LogP contribution in [0.3, 0.4) is 0 Å². The highest BCUT2D eigenvalue weighted by Crippen LogP contribution is 2.11. The molecule has 0 radical (unpaired) electrons. The highest BCUT2D eigenvalue weighted by Gasteiger charge is 2.13. The molecular weight excluding hydrogens is 548 g/mol. The first-order valence-corrected chi connectivity index (χ1v) is 18.8. The molecule has 0 amide bonds. The molecule has 44 heavy (non-hydrogen) atoms. The molecule has 0 aromatic rings. The zero-order valence-electron chi connectivity index (χ0n) is 29.5. The largest absolute Gasteiger partial charge is 0.481 e. The van der Waals surface area contributed by atoms with E-state index in [1.54, 1.807) is 0 Å². The van der Waals surface area contributed by atoms with Crippen LogP contribution in [0, 0.1) is 0 Å². The Balaban J connectivity index is 0. The number of carboxylic acids is 2. The number of hydrogen-bond donors (Lipinski definition) is 2. The van der Waals surface area contributed by atoms with Crippen LogP contribution in [0.2, 0.25) is 0 Å². The summed E-state index contributed by atoms with van der Waals surface area (Å²) in [5.41, 5.74) is 0. The number of epoxide rings is 1. The number of ether oxygens (including phenoxy) is 1. The monoisotopic (exact) mass is 623 g/mol. The van der Waals surface area contributed by atoms with Crippen molar-refractivity contribution in [3.05, 3.63) is 24.3 Å². The number of aliphatic carboxylic acids is 2. The smallest absolute Gasteiger partial charge is 0.303 e. The van der Waals surface area contributed by atoms with E-state index in [1.807, 2.05) is 0 Å². The van der Waals surface area contributed by atoms with Crippen LogP contribution in [0.15, 0.2) is 24.3 Å². The fraction of sp³-hybridized carbons (Fsp3) is 0.846. The normalized spacial score (nSPS) is 13.8. The van der Waals surface area contributed by atoms with Gasteiger partial charge in [-0.1, -0.05) is 141 Å². The first kappa shape index (κ1) is 44.5. The molecule has 0 aromatic heterocycles. The van der Waals surface area contributed by atoms with Crippen molar-refractivity contribution in [2.75, 3.05) is 6.61 Å². The average Bonchev–Trinajstić information content (AvgIpc) is 3.79. The van der Waals surface area contributed by atoms with Gasteiger partial charge in [0.2, 0.25) is 0 Å². The van der Waals surface area contributed by atoms with Crippen LogP contribution >= 0.6 is 0 Å². The van der Waals surface area contributed by atoms with Gasteiger partial charge in [-0.2, -0.15) is 0 Å². The molecule has 5 heteroatoms. The molecule has 0 saturated carbocycles. The van der Waals surface area contributed by atoms with Gasteiger partial charge in [0.25, 0.3) is 0 Å². The number of unbranched alkanes of at least 4 members (excludes halogenated alkanes) is 22. The van der Waals surface area contributed by atoms with Gasteiger partial charge in [0.1, 0.15) is 0 Å². The molecule has 1 aliphatic rings. The van der Waals surface area contributed by atoms with Crippen LogP contribution in [-0.4, -0.2) is 34.9 Å². The zero-order valence-corrected chi connectivity index (χ0v) is 29.5. The Morgan fingerprint density at radius 3 is 0.955 bits per heavy atom. The highest BCUT2D eigenvalue weighted by atomic mass is 16.6. The second kappa shape index (κ2) is 39.4. The van der Waals surface area contributed by atoms with Crippen molar-refractivity contribution < 1.29 is 24.5 Å². The van der Waals surface area contributed by atoms with E-state index < -0.39 is 11.9 Å². The van der Waals surface area contributed by atoms with E-state index >= 15 is 0 Å². The highest BCUT2D eigenvalue weighted by molar-refractivity contribution is 5.66. The summed E-state index contributed by atoms with van der Waals surface area (Å²) >= 11 is 0. The summed E-state index contributed by atoms with van der Waals surface area (Å²) in [6, 6.07) is 0. The maximum Gasteiger partial charge on any atom is 0.303 e. The maximum atomic E-state index is 10.3. The van der Waals surface area contributed by atoms with Crippen molar-refractivity contribution in [3.63, 3.8) is 0 Å². The zero-order chi connectivity index (χ0) is 32.8. The molecule has 1 heterocycles. The first-order valence-electron chi connectivity index (χ1n) is 18.8. The number of carbonyl (C=O) groups is 2. The van der Waals surface area contributed by atoms with Crippen molar-refractivity contribution >= 4 is 11.9 Å². The molecule has 1 fully saturated rings. The van der Waals surface area contributed by atoms with Crippen LogP contribution in [0.25, 0.3) is 0 Å². The molecule has 1 atom stereocenters. The molecule has 260 valence electrons. The molecule has 0 spiro atoms. The minimum absolute atomic E-state index is 0.332. The van der Waals surface area contributed by atoms with Crippen molar-refractivity contribution in [2.45, 2.75) is 207 Å². The molecule has 1 aliphatic heterocycles. The predicted molar refractivity (Wildman–Crippen MR) is 190 cm³/mol. The number of hydrogen-bond acceptors (Lipinski definition) is 3. The Morgan fingerprint density at radius 2 is 0.727 bits per heavy atom. The van der Waals surface area contributed by atoms with Gasteiger partial charge in [-0.05, 0) is 71.1 Å². The average molecular weight is 623 g/mol. The summed E-state index contributed by atoms with van der Waals surface area (Å²) in [6.45, 7) is 7.56. The second-order valence-electron chi connectivity index (χ2n) is 12.6. The number of carboxylic acid groups (broad SMARTS) is 2. The molecule has 2 N–H and O–H groups in total. The van der Waals surface area contributed by atoms with Crippen LogP contribution in [0.4, 0.5) is 0 Å². The SMILES string of the molecule is CC1CO1.CCCCCCCC/C=C\CCCCCCCC(=O)O.CCCCCCCC/C=C\CCCCCCCC(=O)O. The van der Waals surface area contributed by atoms with Gasteiger partial charge in [-0.15, -0.1) is 0 Å². The summed E-state index contributed by atoms with van der Waals surface area (Å²) in [4.78, 5) is 20.6. The van der Waals surface area contributed by atoms with E-state index in [0.29, 0.717) is 18.9 Å². The lowest BCUT2D eigenvalue weighted by atomic mass is 10.1. The van der Waals surface area contributed by atoms with Gasteiger partial charge >= 0.3 is 11.9 Å². The molecular formula is C39H74O5. The second-order valence-corrected chi connectivity index (χ2v) is 12.6. The molecule has 0 aromatic carbocycles. The van der Waals surface area contributed by atoms with Crippen LogP contribution in [-0.2, 0) is 14.3 Å². The molecule has 0 aliphatic carbocycles. The van der Waals surface area contributed by atoms with Gasteiger partial charge in [0, 0.05) is 12.8 Å². The molecule has 1 saturated heterocycles. The predicted octanol–water partition coefficient (Wildman–Crippen LogP) is 12.6. The van der Waals surface area contributed by atoms with Crippen LogP contribution in [0.5, 0.6) is 0 Å². The quantitative estimate of drug-likeness (QED) is 0.0473. The Labute approximate surface area is 273 Å². The Hall–Kier alpha value is -1.62. The van der Waals surface area contributed by atoms with E-state index in [9.17, 15) is 9.59 Å². The van der Waals surface area contributed by atoms with E-state index in [0.717, 1.165) is 32.3 Å². The third-order valence-corrected chi connectivity index (χ3v) is 7.80. The summed E-state index contributed by atoms with van der Waals surface area (Å²) in [5.74, 6) is -1.33. The number of rotatable bonds is 30. The van der Waals surface area contributed by atoms with Crippen molar-refractivity contribution in [2.24, 2.45) is 0 Å². The fourth-order valence-corrected chi connectivity index (χ4v) is 4.79. The van der Waals surface area contributed by atoms with Crippen LogP contribution < -0.4 is 0 Å². The first-order chi connectivity index (χ1) is 21.4. The summed E-state index contributed by atoms with van der Waals surface area (Å²) in [5, 5.41) is 17.0. The van der Waals surface area contributed by atoms with Crippen molar-refractivity contribution in [1.29, 1.82) is 0 Å². The third kappa shape index (κ3) is 50.0. The topological polar surface area (TPSA) is 87.1 Å². The van der Waals surface area contributed by atoms with Crippen LogP contribution in [0.1, 0.15) is 201 Å². The van der Waals surface area contributed by atoms with Crippen molar-refractivity contribution in [1.82, 2.24) is 0 Å². The molecule has 5 nitrogen and oxygen atoms in total. The molecule has 0 bridgehead atoms. The summed E-state index contributed by atoms with van der Waals surface area (Å²) < 4.78 is 4.71. The van der Waals surface area contributed by atoms with Crippen molar-refractivity contribution in [3.8, 4) is 0 Å². The van der Waals surface area contributed by atoms with Gasteiger partial charge in [0.15, 0.2) is 0 Å². The fourth-order valence-electron chi connectivity index (χ4n) is 4.79. The van der Waals surface area contributed by atoms with Gasteiger partial charge in [-0.25, -0.2) is 0 Å². The van der Waals surface area contributed by atoms with E-state index in [1.165, 1.54) is 141 Å². The minimum atomic E-state index is -0.664.